The van der Waals surface area contributed by atoms with Crippen LogP contribution in [-0.4, -0.2) is 17.2 Å². The molecule has 1 aromatic carbocycles. The topological polar surface area (TPSA) is 42.4 Å². The van der Waals surface area contributed by atoms with Crippen LogP contribution in [0.3, 0.4) is 0 Å². The number of aromatic nitrogens is 1. The third-order valence-electron chi connectivity index (χ3n) is 2.22. The smallest absolute Gasteiger partial charge is 0.134 e. The molecular formula is C11H9Cl2NO2S. The minimum Gasteiger partial charge on any atom is -0.496 e. The largest absolute Gasteiger partial charge is 0.496 e. The summed E-state index contributed by atoms with van der Waals surface area (Å²) in [6.07, 6.45) is 0.614. The maximum Gasteiger partial charge on any atom is 0.134 e. The van der Waals surface area contributed by atoms with Gasteiger partial charge in [0.2, 0.25) is 0 Å². The number of aliphatic hydroxyl groups excluding tert-OH is 1. The van der Waals surface area contributed by atoms with Crippen molar-refractivity contribution >= 4 is 34.5 Å². The van der Waals surface area contributed by atoms with Crippen LogP contribution in [0, 0.1) is 0 Å². The number of benzene rings is 1. The number of methoxy groups -OCH3 is 1. The van der Waals surface area contributed by atoms with Crippen LogP contribution >= 0.6 is 34.5 Å². The molecule has 1 atom stereocenters. The van der Waals surface area contributed by atoms with Crippen molar-refractivity contribution in [1.82, 2.24) is 4.98 Å². The highest BCUT2D eigenvalue weighted by Crippen LogP contribution is 2.34. The molecule has 2 aromatic rings. The quantitative estimate of drug-likeness (QED) is 0.940. The lowest BCUT2D eigenvalue weighted by Crippen LogP contribution is -2.01. The first-order valence-electron chi connectivity index (χ1n) is 4.74. The third-order valence-corrected chi connectivity index (χ3v) is 3.62. The Kier molecular flexibility index (Phi) is 3.89. The van der Waals surface area contributed by atoms with E-state index in [1.165, 1.54) is 24.6 Å². The van der Waals surface area contributed by atoms with E-state index in [2.05, 4.69) is 4.98 Å². The van der Waals surface area contributed by atoms with Gasteiger partial charge in [-0.1, -0.05) is 23.2 Å². The summed E-state index contributed by atoms with van der Waals surface area (Å²) in [5, 5.41) is 11.2. The highest BCUT2D eigenvalue weighted by molar-refractivity contribution is 7.15. The molecule has 2 rings (SSSR count). The van der Waals surface area contributed by atoms with E-state index in [9.17, 15) is 5.11 Å². The van der Waals surface area contributed by atoms with Crippen LogP contribution in [0.4, 0.5) is 0 Å². The molecule has 1 heterocycles. The molecule has 0 aliphatic carbocycles. The lowest BCUT2D eigenvalue weighted by Gasteiger charge is -2.12. The SMILES string of the molecule is COc1ccc(Cl)cc1C(O)c1ncc(Cl)s1. The Balaban J connectivity index is 2.42. The van der Waals surface area contributed by atoms with Crippen LogP contribution in [0.15, 0.2) is 24.4 Å². The molecular weight excluding hydrogens is 281 g/mol. The van der Waals surface area contributed by atoms with Crippen molar-refractivity contribution in [2.24, 2.45) is 0 Å². The molecule has 0 saturated carbocycles. The normalized spacial score (nSPS) is 12.5. The van der Waals surface area contributed by atoms with Crippen molar-refractivity contribution in [3.8, 4) is 5.75 Å². The standard InChI is InChI=1S/C11H9Cl2NO2S/c1-16-8-3-2-6(12)4-7(8)10(15)11-14-5-9(13)17-11/h2-5,10,15H,1H3. The van der Waals surface area contributed by atoms with E-state index < -0.39 is 6.10 Å². The van der Waals surface area contributed by atoms with Crippen molar-refractivity contribution in [2.45, 2.75) is 6.10 Å². The fraction of sp³-hybridized carbons (Fsp3) is 0.182. The monoisotopic (exact) mass is 289 g/mol. The van der Waals surface area contributed by atoms with Crippen LogP contribution in [0.25, 0.3) is 0 Å². The zero-order valence-electron chi connectivity index (χ0n) is 8.85. The molecule has 0 saturated heterocycles. The second kappa shape index (κ2) is 5.23. The maximum atomic E-state index is 10.2. The van der Waals surface area contributed by atoms with E-state index in [1.807, 2.05) is 0 Å². The van der Waals surface area contributed by atoms with Crippen LogP contribution in [0.2, 0.25) is 9.36 Å². The van der Waals surface area contributed by atoms with Crippen molar-refractivity contribution < 1.29 is 9.84 Å². The molecule has 1 unspecified atom stereocenters. The third kappa shape index (κ3) is 2.72. The summed E-state index contributed by atoms with van der Waals surface area (Å²) in [7, 11) is 1.54. The van der Waals surface area contributed by atoms with Crippen molar-refractivity contribution in [3.63, 3.8) is 0 Å². The molecule has 0 fully saturated rings. The summed E-state index contributed by atoms with van der Waals surface area (Å²) in [6, 6.07) is 5.06. The number of halogens is 2. The van der Waals surface area contributed by atoms with Gasteiger partial charge in [-0.05, 0) is 18.2 Å². The number of hydrogen-bond acceptors (Lipinski definition) is 4. The number of aliphatic hydroxyl groups is 1. The summed E-state index contributed by atoms with van der Waals surface area (Å²) in [5.74, 6) is 0.563. The van der Waals surface area contributed by atoms with Gasteiger partial charge >= 0.3 is 0 Å². The zero-order valence-corrected chi connectivity index (χ0v) is 11.2. The maximum absolute atomic E-state index is 10.2. The summed E-state index contributed by atoms with van der Waals surface area (Å²) in [4.78, 5) is 4.04. The molecule has 0 aliphatic rings. The average Bonchev–Trinajstić information content (AvgIpc) is 2.75. The van der Waals surface area contributed by atoms with Crippen LogP contribution in [0.1, 0.15) is 16.7 Å². The molecule has 0 amide bonds. The summed E-state index contributed by atoms with van der Waals surface area (Å²) in [5.41, 5.74) is 0.575. The number of hydrogen-bond donors (Lipinski definition) is 1. The van der Waals surface area contributed by atoms with Crippen molar-refractivity contribution in [1.29, 1.82) is 0 Å². The molecule has 0 bridgehead atoms. The molecule has 0 radical (unpaired) electrons. The first-order valence-corrected chi connectivity index (χ1v) is 6.32. The number of ether oxygens (including phenoxy) is 1. The van der Waals surface area contributed by atoms with Crippen LogP contribution in [0.5, 0.6) is 5.75 Å². The minimum absolute atomic E-state index is 0.510. The predicted octanol–water partition coefficient (Wildman–Crippen LogP) is 3.54. The van der Waals surface area contributed by atoms with Gasteiger partial charge < -0.3 is 9.84 Å². The van der Waals surface area contributed by atoms with Gasteiger partial charge in [-0.25, -0.2) is 4.98 Å². The van der Waals surface area contributed by atoms with Crippen LogP contribution < -0.4 is 4.74 Å². The highest BCUT2D eigenvalue weighted by atomic mass is 35.5. The predicted molar refractivity (Wildman–Crippen MR) is 69.2 cm³/mol. The summed E-state index contributed by atoms with van der Waals surface area (Å²) < 4.78 is 5.70. The van der Waals surface area contributed by atoms with Crippen molar-refractivity contribution in [2.75, 3.05) is 7.11 Å². The molecule has 0 aliphatic heterocycles. The highest BCUT2D eigenvalue weighted by Gasteiger charge is 2.19. The average molecular weight is 290 g/mol. The van der Waals surface area contributed by atoms with E-state index in [0.29, 0.717) is 25.7 Å². The Morgan fingerprint density at radius 1 is 1.41 bits per heavy atom. The fourth-order valence-corrected chi connectivity index (χ4v) is 2.56. The zero-order chi connectivity index (χ0) is 12.4. The van der Waals surface area contributed by atoms with E-state index in [-0.39, 0.29) is 0 Å². The number of rotatable bonds is 3. The minimum atomic E-state index is -0.888. The number of thiazole rings is 1. The fourth-order valence-electron chi connectivity index (χ4n) is 1.45. The molecule has 1 N–H and O–H groups in total. The van der Waals surface area contributed by atoms with Gasteiger partial charge in [0.05, 0.1) is 13.3 Å². The van der Waals surface area contributed by atoms with Gasteiger partial charge in [0.25, 0.3) is 0 Å². The van der Waals surface area contributed by atoms with Gasteiger partial charge in [-0.2, -0.15) is 0 Å². The molecule has 1 aromatic heterocycles. The van der Waals surface area contributed by atoms with E-state index in [0.717, 1.165) is 0 Å². The van der Waals surface area contributed by atoms with Gasteiger partial charge in [-0.15, -0.1) is 11.3 Å². The van der Waals surface area contributed by atoms with Gasteiger partial charge in [0, 0.05) is 10.6 Å². The molecule has 17 heavy (non-hydrogen) atoms. The van der Waals surface area contributed by atoms with Crippen molar-refractivity contribution in [3.05, 3.63) is 44.3 Å². The Morgan fingerprint density at radius 2 is 2.18 bits per heavy atom. The van der Waals surface area contributed by atoms with Crippen LogP contribution in [-0.2, 0) is 0 Å². The Morgan fingerprint density at radius 3 is 2.76 bits per heavy atom. The molecule has 0 spiro atoms. The molecule has 90 valence electrons. The first-order chi connectivity index (χ1) is 8.11. The van der Waals surface area contributed by atoms with E-state index >= 15 is 0 Å². The lowest BCUT2D eigenvalue weighted by molar-refractivity contribution is 0.214. The first kappa shape index (κ1) is 12.6. The number of nitrogens with zero attached hydrogens (tertiary/aromatic N) is 1. The molecule has 3 nitrogen and oxygen atoms in total. The molecule has 6 heteroatoms. The van der Waals surface area contributed by atoms with Gasteiger partial charge in [0.1, 0.15) is 21.2 Å². The Labute approximate surface area is 113 Å². The van der Waals surface area contributed by atoms with Gasteiger partial charge in [-0.3, -0.25) is 0 Å². The summed E-state index contributed by atoms with van der Waals surface area (Å²) >= 11 is 12.9. The Bertz CT molecular complexity index is 530. The Hall–Kier alpha value is -0.810. The van der Waals surface area contributed by atoms with Gasteiger partial charge in [0.15, 0.2) is 0 Å². The van der Waals surface area contributed by atoms with E-state index in [1.54, 1.807) is 18.2 Å². The van der Waals surface area contributed by atoms with E-state index in [4.69, 9.17) is 27.9 Å². The lowest BCUT2D eigenvalue weighted by atomic mass is 10.1. The second-order valence-corrected chi connectivity index (χ2v) is 5.42. The second-order valence-electron chi connectivity index (χ2n) is 3.29. The summed E-state index contributed by atoms with van der Waals surface area (Å²) in [6.45, 7) is 0.